The number of hydrogen-bond acceptors (Lipinski definition) is 8. The van der Waals surface area contributed by atoms with Crippen molar-refractivity contribution in [1.29, 1.82) is 0 Å². The summed E-state index contributed by atoms with van der Waals surface area (Å²) >= 11 is 0. The van der Waals surface area contributed by atoms with E-state index in [1.165, 1.54) is 32.1 Å². The highest BCUT2D eigenvalue weighted by Gasteiger charge is 2.51. The second kappa shape index (κ2) is 15.7. The first-order valence-electron chi connectivity index (χ1n) is 17.2. The van der Waals surface area contributed by atoms with Crippen LogP contribution in [-0.2, 0) is 35.1 Å². The standard InChI is InChI=1S/C35H52N4O7/c1-23(36-31(40)21-39-15-17-45-18-16-39)33(42)38-30(19-24-11-13-27(44-3)14-12-24)34(43)37-29(32(41)35(2)22-46-35)20-26-9-6-8-25-7-4-5-10-28(25)26/h11-14,23,25-26,28-30H,4-10,15-22H2,1-3H3,(H,36,40)(H,37,43)(H,38,42)/t23-,25+,26-,28+,29-,30-,35+/m0/s1. The van der Waals surface area contributed by atoms with E-state index in [0.29, 0.717) is 62.8 Å². The van der Waals surface area contributed by atoms with Gasteiger partial charge < -0.3 is 30.2 Å². The van der Waals surface area contributed by atoms with Gasteiger partial charge in [0, 0.05) is 19.5 Å². The summed E-state index contributed by atoms with van der Waals surface area (Å²) in [6.45, 7) is 6.37. The van der Waals surface area contributed by atoms with E-state index in [-0.39, 0.29) is 24.7 Å². The van der Waals surface area contributed by atoms with Gasteiger partial charge in [0.1, 0.15) is 23.4 Å². The van der Waals surface area contributed by atoms with Gasteiger partial charge in [-0.1, -0.05) is 50.7 Å². The van der Waals surface area contributed by atoms with Crippen molar-refractivity contribution < 1.29 is 33.4 Å². The van der Waals surface area contributed by atoms with Gasteiger partial charge in [-0.25, -0.2) is 0 Å². The van der Waals surface area contributed by atoms with E-state index in [2.05, 4.69) is 16.0 Å². The third kappa shape index (κ3) is 9.07. The highest BCUT2D eigenvalue weighted by Crippen LogP contribution is 2.46. The Labute approximate surface area is 272 Å². The molecule has 0 radical (unpaired) electrons. The number of carbonyl (C=O) groups excluding carboxylic acids is 4. The Morgan fingerprint density at radius 1 is 0.935 bits per heavy atom. The smallest absolute Gasteiger partial charge is 0.243 e. The summed E-state index contributed by atoms with van der Waals surface area (Å²) in [5.41, 5.74) is -0.0602. The molecule has 46 heavy (non-hydrogen) atoms. The minimum atomic E-state index is -0.962. The monoisotopic (exact) mass is 640 g/mol. The number of nitrogens with zero attached hydrogens (tertiary/aromatic N) is 1. The Morgan fingerprint density at radius 2 is 1.61 bits per heavy atom. The molecule has 5 rings (SSSR count). The number of fused-ring (bicyclic) bond motifs is 1. The largest absolute Gasteiger partial charge is 0.497 e. The molecular weight excluding hydrogens is 588 g/mol. The van der Waals surface area contributed by atoms with E-state index in [9.17, 15) is 19.2 Å². The summed E-state index contributed by atoms with van der Waals surface area (Å²) in [5, 5.41) is 8.72. The van der Waals surface area contributed by atoms with Crippen LogP contribution in [0.25, 0.3) is 0 Å². The van der Waals surface area contributed by atoms with Crippen molar-refractivity contribution in [2.75, 3.05) is 46.6 Å². The third-order valence-corrected chi connectivity index (χ3v) is 10.5. The molecule has 1 aromatic rings. The highest BCUT2D eigenvalue weighted by atomic mass is 16.6. The molecular formula is C35H52N4O7. The van der Waals surface area contributed by atoms with E-state index in [1.807, 2.05) is 29.2 Å². The van der Waals surface area contributed by atoms with Gasteiger partial charge in [-0.3, -0.25) is 24.1 Å². The van der Waals surface area contributed by atoms with E-state index in [4.69, 9.17) is 14.2 Å². The Kier molecular flexibility index (Phi) is 11.7. The minimum Gasteiger partial charge on any atom is -0.497 e. The van der Waals surface area contributed by atoms with Crippen LogP contribution < -0.4 is 20.7 Å². The molecule has 4 fully saturated rings. The molecule has 1 aromatic carbocycles. The molecule has 3 amide bonds. The number of epoxide rings is 1. The highest BCUT2D eigenvalue weighted by molar-refractivity contribution is 5.98. The Hall–Kier alpha value is -3.02. The summed E-state index contributed by atoms with van der Waals surface area (Å²) in [5.74, 6) is 1.08. The number of rotatable bonds is 14. The van der Waals surface area contributed by atoms with Gasteiger partial charge in [0.25, 0.3) is 0 Å². The summed E-state index contributed by atoms with van der Waals surface area (Å²) in [6.07, 6.45) is 9.20. The molecule has 2 aliphatic heterocycles. The summed E-state index contributed by atoms with van der Waals surface area (Å²) in [6, 6.07) is 4.80. The number of carbonyl (C=O) groups is 4. The number of morpholine rings is 1. The number of Topliss-reactive ketones (excluding diaryl/α,β-unsaturated/α-hetero) is 1. The van der Waals surface area contributed by atoms with Crippen LogP contribution in [0.1, 0.15) is 70.8 Å². The number of hydrogen-bond donors (Lipinski definition) is 3. The molecule has 7 atom stereocenters. The second-order valence-corrected chi connectivity index (χ2v) is 13.9. The molecule has 4 aliphatic rings. The van der Waals surface area contributed by atoms with E-state index in [1.54, 1.807) is 21.0 Å². The van der Waals surface area contributed by atoms with Gasteiger partial charge in [-0.15, -0.1) is 0 Å². The Bertz CT molecular complexity index is 1210. The molecule has 0 spiro atoms. The maximum absolute atomic E-state index is 14.1. The maximum atomic E-state index is 14.1. The third-order valence-electron chi connectivity index (χ3n) is 10.5. The first-order valence-corrected chi connectivity index (χ1v) is 17.2. The number of nitrogens with one attached hydrogen (secondary N) is 3. The lowest BCUT2D eigenvalue weighted by Gasteiger charge is -2.42. The van der Waals surface area contributed by atoms with E-state index >= 15 is 0 Å². The lowest BCUT2D eigenvalue weighted by Crippen LogP contribution is -2.57. The van der Waals surface area contributed by atoms with E-state index in [0.717, 1.165) is 18.4 Å². The van der Waals surface area contributed by atoms with E-state index < -0.39 is 35.5 Å². The minimum absolute atomic E-state index is 0.1000. The fraction of sp³-hybridized carbons (Fsp3) is 0.714. The van der Waals surface area contributed by atoms with Crippen LogP contribution in [0, 0.1) is 17.8 Å². The predicted molar refractivity (Wildman–Crippen MR) is 172 cm³/mol. The van der Waals surface area contributed by atoms with Gasteiger partial charge in [-0.05, 0) is 62.1 Å². The molecule has 0 bridgehead atoms. The zero-order valence-electron chi connectivity index (χ0n) is 27.7. The van der Waals surface area contributed by atoms with Crippen LogP contribution in [0.2, 0.25) is 0 Å². The van der Waals surface area contributed by atoms with Crippen molar-refractivity contribution in [3.05, 3.63) is 29.8 Å². The van der Waals surface area contributed by atoms with Crippen LogP contribution in [0.15, 0.2) is 24.3 Å². The molecule has 2 saturated carbocycles. The average Bonchev–Trinajstić information content (AvgIpc) is 3.82. The van der Waals surface area contributed by atoms with Crippen LogP contribution in [0.3, 0.4) is 0 Å². The number of ether oxygens (including phenoxy) is 3. The molecule has 0 aromatic heterocycles. The quantitative estimate of drug-likeness (QED) is 0.264. The van der Waals surface area contributed by atoms with Crippen molar-refractivity contribution in [1.82, 2.24) is 20.9 Å². The maximum Gasteiger partial charge on any atom is 0.243 e. The number of methoxy groups -OCH3 is 1. The fourth-order valence-corrected chi connectivity index (χ4v) is 7.61. The summed E-state index contributed by atoms with van der Waals surface area (Å²) in [4.78, 5) is 55.9. The molecule has 0 unspecified atom stereocenters. The van der Waals surface area contributed by atoms with Gasteiger partial charge in [0.15, 0.2) is 5.78 Å². The van der Waals surface area contributed by atoms with Gasteiger partial charge in [0.2, 0.25) is 17.7 Å². The van der Waals surface area contributed by atoms with Crippen LogP contribution in [0.4, 0.5) is 0 Å². The van der Waals surface area contributed by atoms with Crippen molar-refractivity contribution in [3.63, 3.8) is 0 Å². The number of ketones is 1. The summed E-state index contributed by atoms with van der Waals surface area (Å²) < 4.78 is 16.2. The lowest BCUT2D eigenvalue weighted by molar-refractivity contribution is -0.134. The molecule has 11 nitrogen and oxygen atoms in total. The van der Waals surface area contributed by atoms with Crippen molar-refractivity contribution in [3.8, 4) is 5.75 Å². The average molecular weight is 641 g/mol. The lowest BCUT2D eigenvalue weighted by atomic mass is 9.64. The Balaban J connectivity index is 1.28. The zero-order chi connectivity index (χ0) is 32.7. The molecule has 11 heteroatoms. The molecule has 254 valence electrons. The fourth-order valence-electron chi connectivity index (χ4n) is 7.61. The van der Waals surface area contributed by atoms with Crippen molar-refractivity contribution >= 4 is 23.5 Å². The van der Waals surface area contributed by atoms with Crippen LogP contribution in [-0.4, -0.2) is 98.7 Å². The van der Waals surface area contributed by atoms with Gasteiger partial charge in [0.05, 0.1) is 39.5 Å². The predicted octanol–water partition coefficient (Wildman–Crippen LogP) is 2.40. The number of amides is 3. The van der Waals surface area contributed by atoms with Crippen LogP contribution in [0.5, 0.6) is 5.75 Å². The van der Waals surface area contributed by atoms with Crippen molar-refractivity contribution in [2.45, 2.75) is 95.4 Å². The topological polar surface area (TPSA) is 139 Å². The first kappa shape index (κ1) is 34.3. The Morgan fingerprint density at radius 3 is 2.30 bits per heavy atom. The molecule has 2 saturated heterocycles. The number of benzene rings is 1. The molecule has 2 aliphatic carbocycles. The normalized spacial score (nSPS) is 28.1. The van der Waals surface area contributed by atoms with Crippen LogP contribution >= 0.6 is 0 Å². The first-order chi connectivity index (χ1) is 22.1. The van der Waals surface area contributed by atoms with Crippen molar-refractivity contribution in [2.24, 2.45) is 17.8 Å². The molecule has 3 N–H and O–H groups in total. The van der Waals surface area contributed by atoms with Gasteiger partial charge in [-0.2, -0.15) is 0 Å². The second-order valence-electron chi connectivity index (χ2n) is 13.9. The summed E-state index contributed by atoms with van der Waals surface area (Å²) in [7, 11) is 1.59. The SMILES string of the molecule is COc1ccc(C[C@H](NC(=O)[C@H](C)NC(=O)CN2CCOCC2)C(=O)N[C@@H](C[C@@H]2CCC[C@H]3CCCC[C@H]32)C(=O)[C@@]2(C)CO2)cc1. The molecule has 2 heterocycles. The van der Waals surface area contributed by atoms with Gasteiger partial charge >= 0.3 is 0 Å². The zero-order valence-corrected chi connectivity index (χ0v) is 27.7.